The number of aromatic amines is 1. The highest BCUT2D eigenvalue weighted by atomic mass is 16.2. The summed E-state index contributed by atoms with van der Waals surface area (Å²) in [6, 6.07) is 16.0. The van der Waals surface area contributed by atoms with Gasteiger partial charge in [-0.25, -0.2) is 9.89 Å². The van der Waals surface area contributed by atoms with E-state index in [2.05, 4.69) is 32.6 Å². The molecule has 0 saturated carbocycles. The van der Waals surface area contributed by atoms with E-state index in [1.165, 1.54) is 0 Å². The molecule has 0 fully saturated rings. The smallest absolute Gasteiger partial charge is 0.274 e. The van der Waals surface area contributed by atoms with Gasteiger partial charge in [0.1, 0.15) is 5.82 Å². The van der Waals surface area contributed by atoms with E-state index in [-0.39, 0.29) is 11.6 Å². The molecule has 0 spiro atoms. The lowest BCUT2D eigenvalue weighted by molar-refractivity contribution is 0.0878. The van der Waals surface area contributed by atoms with Crippen LogP contribution in [0, 0.1) is 0 Å². The summed E-state index contributed by atoms with van der Waals surface area (Å²) >= 11 is 0. The van der Waals surface area contributed by atoms with E-state index in [1.807, 2.05) is 55.5 Å². The molecule has 0 aliphatic carbocycles. The molecule has 0 amide bonds. The van der Waals surface area contributed by atoms with Gasteiger partial charge in [0, 0.05) is 18.4 Å². The average molecular weight is 488 g/mol. The number of benzene rings is 2. The van der Waals surface area contributed by atoms with Gasteiger partial charge in [0.15, 0.2) is 5.82 Å². The Balaban J connectivity index is 1.59. The third-order valence-corrected chi connectivity index (χ3v) is 6.31. The second-order valence-electron chi connectivity index (χ2n) is 9.00. The fourth-order valence-electron chi connectivity index (χ4n) is 4.27. The molecule has 0 aliphatic rings. The minimum atomic E-state index is -0.353. The number of nitrogens with one attached hydrogen (secondary N) is 1. The summed E-state index contributed by atoms with van der Waals surface area (Å²) in [5, 5.41) is 18.7. The monoisotopic (exact) mass is 487 g/mol. The maximum Gasteiger partial charge on any atom is 0.353 e. The highest BCUT2D eigenvalue weighted by Gasteiger charge is 2.18. The molecule has 0 saturated heterocycles. The zero-order valence-electron chi connectivity index (χ0n) is 21.0. The molecule has 9 heteroatoms. The van der Waals surface area contributed by atoms with Crippen molar-refractivity contribution in [1.29, 1.82) is 0 Å². The normalized spacial score (nSPS) is 11.2. The molecule has 0 unspecified atom stereocenters. The Labute approximate surface area is 210 Å². The van der Waals surface area contributed by atoms with Gasteiger partial charge in [-0.1, -0.05) is 88.1 Å². The summed E-state index contributed by atoms with van der Waals surface area (Å²) in [6.07, 6.45) is 6.96. The van der Waals surface area contributed by atoms with Gasteiger partial charge in [0.2, 0.25) is 0 Å². The number of unbranched alkanes of at least 4 members (excludes halogenated alkanes) is 4. The van der Waals surface area contributed by atoms with Crippen molar-refractivity contribution >= 4 is 5.91 Å². The maximum atomic E-state index is 13.2. The molecule has 2 aromatic carbocycles. The van der Waals surface area contributed by atoms with Gasteiger partial charge in [0.05, 0.1) is 6.54 Å². The third kappa shape index (κ3) is 5.84. The fourth-order valence-corrected chi connectivity index (χ4v) is 4.27. The van der Waals surface area contributed by atoms with Crippen LogP contribution in [0.4, 0.5) is 0 Å². The zero-order chi connectivity index (χ0) is 25.3. The van der Waals surface area contributed by atoms with Crippen molar-refractivity contribution in [2.75, 3.05) is 0 Å². The Hall–Kier alpha value is -3.88. The van der Waals surface area contributed by atoms with Gasteiger partial charge in [-0.05, 0) is 40.0 Å². The van der Waals surface area contributed by atoms with Gasteiger partial charge < -0.3 is 0 Å². The highest BCUT2D eigenvalue weighted by molar-refractivity contribution is 5.80. The van der Waals surface area contributed by atoms with Crippen LogP contribution in [0.3, 0.4) is 0 Å². The van der Waals surface area contributed by atoms with Crippen LogP contribution in [0.1, 0.15) is 75.0 Å². The minimum Gasteiger partial charge on any atom is -0.274 e. The second kappa shape index (κ2) is 12.2. The number of nitrogens with zero attached hydrogens (tertiary/aromatic N) is 6. The summed E-state index contributed by atoms with van der Waals surface area (Å²) in [7, 11) is 0. The molecule has 0 bridgehead atoms. The number of aryl methyl sites for hydroxylation is 1. The van der Waals surface area contributed by atoms with E-state index < -0.39 is 0 Å². The van der Waals surface area contributed by atoms with Crippen LogP contribution in [-0.2, 0) is 13.0 Å². The summed E-state index contributed by atoms with van der Waals surface area (Å²) in [5.41, 5.74) is 3.55. The van der Waals surface area contributed by atoms with Crippen LogP contribution in [0.15, 0.2) is 53.3 Å². The fraction of sp³-hybridized carbons (Fsp3) is 0.407. The Kier molecular flexibility index (Phi) is 8.54. The molecule has 2 heterocycles. The summed E-state index contributed by atoms with van der Waals surface area (Å²) in [4.78, 5) is 25.8. The maximum absolute atomic E-state index is 13.2. The number of aromatic nitrogens is 7. The molecule has 2 aromatic heterocycles. The predicted molar refractivity (Wildman–Crippen MR) is 139 cm³/mol. The summed E-state index contributed by atoms with van der Waals surface area (Å²) < 4.78 is 2.72. The first kappa shape index (κ1) is 25.2. The number of hydrogen-bond donors (Lipinski definition) is 1. The van der Waals surface area contributed by atoms with Gasteiger partial charge >= 0.3 is 5.69 Å². The Morgan fingerprint density at radius 3 is 2.36 bits per heavy atom. The van der Waals surface area contributed by atoms with Crippen molar-refractivity contribution in [2.24, 2.45) is 0 Å². The van der Waals surface area contributed by atoms with E-state index in [1.54, 1.807) is 4.57 Å². The van der Waals surface area contributed by atoms with E-state index >= 15 is 0 Å². The van der Waals surface area contributed by atoms with Crippen LogP contribution in [0.2, 0.25) is 0 Å². The lowest BCUT2D eigenvalue weighted by Gasteiger charge is -2.09. The van der Waals surface area contributed by atoms with Crippen molar-refractivity contribution in [3.63, 3.8) is 0 Å². The van der Waals surface area contributed by atoms with Crippen LogP contribution in [0.25, 0.3) is 22.5 Å². The zero-order valence-corrected chi connectivity index (χ0v) is 21.0. The molecule has 4 rings (SSSR count). The van der Waals surface area contributed by atoms with Crippen molar-refractivity contribution in [1.82, 2.24) is 35.0 Å². The van der Waals surface area contributed by atoms with Gasteiger partial charge in [-0.2, -0.15) is 0 Å². The molecule has 4 aromatic rings. The third-order valence-electron chi connectivity index (χ3n) is 6.31. The Bertz CT molecular complexity index is 1320. The number of H-pyrrole nitrogens is 1. The standard InChI is InChI=1S/C27H33N7O2/c1-3-5-7-8-13-24-30-34(25(35)14-6-4-2)27(36)33(24)19-20-15-17-21(18-16-20)22-11-9-10-12-23(22)26-28-31-32-29-26/h9-12,15-18H,3-8,13-14,19H2,1-2H3,(H,28,29,31,32). The molecule has 188 valence electrons. The molecule has 0 aliphatic heterocycles. The first-order valence-corrected chi connectivity index (χ1v) is 12.8. The molecular formula is C27H33N7O2. The SMILES string of the molecule is CCCCCCc1nn(C(=O)CCCC)c(=O)n1Cc1ccc(-c2ccccc2-c2nnn[nH]2)cc1. The van der Waals surface area contributed by atoms with E-state index in [0.717, 1.165) is 65.5 Å². The molecule has 36 heavy (non-hydrogen) atoms. The quantitative estimate of drug-likeness (QED) is 0.285. The number of carbonyl (C=O) groups excluding carboxylic acids is 1. The number of tetrazole rings is 1. The van der Waals surface area contributed by atoms with Gasteiger partial charge in [-0.3, -0.25) is 9.36 Å². The topological polar surface area (TPSA) is 111 Å². The Morgan fingerprint density at radius 2 is 1.67 bits per heavy atom. The van der Waals surface area contributed by atoms with E-state index in [4.69, 9.17) is 0 Å². The molecular weight excluding hydrogens is 454 g/mol. The Morgan fingerprint density at radius 1 is 0.917 bits per heavy atom. The van der Waals surface area contributed by atoms with Gasteiger partial charge in [0.25, 0.3) is 5.91 Å². The first-order chi connectivity index (χ1) is 17.6. The number of rotatable bonds is 12. The van der Waals surface area contributed by atoms with Crippen LogP contribution < -0.4 is 5.69 Å². The first-order valence-electron chi connectivity index (χ1n) is 12.8. The van der Waals surface area contributed by atoms with Crippen molar-refractivity contribution < 1.29 is 4.79 Å². The van der Waals surface area contributed by atoms with Gasteiger partial charge in [-0.15, -0.1) is 14.9 Å². The molecule has 0 atom stereocenters. The average Bonchev–Trinajstić information content (AvgIpc) is 3.55. The van der Waals surface area contributed by atoms with E-state index in [0.29, 0.717) is 31.0 Å². The molecule has 1 N–H and O–H groups in total. The van der Waals surface area contributed by atoms with E-state index in [9.17, 15) is 9.59 Å². The number of hydrogen-bond acceptors (Lipinski definition) is 6. The summed E-state index contributed by atoms with van der Waals surface area (Å²) in [5.74, 6) is 1.05. The molecule has 9 nitrogen and oxygen atoms in total. The van der Waals surface area contributed by atoms with Crippen molar-refractivity contribution in [3.8, 4) is 22.5 Å². The largest absolute Gasteiger partial charge is 0.353 e. The minimum absolute atomic E-state index is 0.232. The highest BCUT2D eigenvalue weighted by Crippen LogP contribution is 2.29. The van der Waals surface area contributed by atoms with Crippen molar-refractivity contribution in [3.05, 3.63) is 70.4 Å². The predicted octanol–water partition coefficient (Wildman–Crippen LogP) is 4.89. The van der Waals surface area contributed by atoms with Crippen molar-refractivity contribution in [2.45, 2.75) is 71.8 Å². The van der Waals surface area contributed by atoms with Crippen LogP contribution in [-0.4, -0.2) is 40.9 Å². The lowest BCUT2D eigenvalue weighted by Crippen LogP contribution is -2.30. The van der Waals surface area contributed by atoms with Crippen LogP contribution in [0.5, 0.6) is 0 Å². The number of carbonyl (C=O) groups is 1. The summed E-state index contributed by atoms with van der Waals surface area (Å²) in [6.45, 7) is 4.57. The second-order valence-corrected chi connectivity index (χ2v) is 9.00. The lowest BCUT2D eigenvalue weighted by atomic mass is 9.98. The van der Waals surface area contributed by atoms with Crippen LogP contribution >= 0.6 is 0 Å². The molecule has 0 radical (unpaired) electrons.